The lowest BCUT2D eigenvalue weighted by molar-refractivity contribution is -0.118. The number of rotatable bonds is 6. The highest BCUT2D eigenvalue weighted by molar-refractivity contribution is 7.99. The molecule has 130 valence electrons. The number of amides is 1. The molecule has 25 heavy (non-hydrogen) atoms. The highest BCUT2D eigenvalue weighted by Gasteiger charge is 2.11. The molecule has 1 amide bonds. The Morgan fingerprint density at radius 1 is 1.32 bits per heavy atom. The highest BCUT2D eigenvalue weighted by atomic mass is 32.2. The number of thioether (sulfide) groups is 1. The molecule has 0 unspecified atom stereocenters. The Balaban J connectivity index is 1.58. The van der Waals surface area contributed by atoms with E-state index in [1.165, 1.54) is 27.7 Å². The Morgan fingerprint density at radius 3 is 2.80 bits per heavy atom. The van der Waals surface area contributed by atoms with Crippen LogP contribution in [-0.2, 0) is 18.4 Å². The van der Waals surface area contributed by atoms with E-state index in [9.17, 15) is 9.59 Å². The number of thiophene rings is 1. The molecular weight excluding hydrogens is 358 g/mol. The van der Waals surface area contributed by atoms with Gasteiger partial charge < -0.3 is 10.1 Å². The maximum Gasteiger partial charge on any atom is 0.271 e. The zero-order valence-corrected chi connectivity index (χ0v) is 15.4. The number of carbonyl (C=O) groups excluding carboxylic acids is 1. The lowest BCUT2D eigenvalue weighted by atomic mass is 10.2. The van der Waals surface area contributed by atoms with Crippen molar-refractivity contribution >= 4 is 39.2 Å². The Morgan fingerprint density at radius 2 is 2.08 bits per heavy atom. The first kappa shape index (κ1) is 17.5. The number of ether oxygens (including phenoxy) is 1. The van der Waals surface area contributed by atoms with E-state index in [4.69, 9.17) is 4.74 Å². The summed E-state index contributed by atoms with van der Waals surface area (Å²) in [5.74, 6) is 0.869. The smallest absolute Gasteiger partial charge is 0.271 e. The van der Waals surface area contributed by atoms with E-state index in [2.05, 4.69) is 10.3 Å². The van der Waals surface area contributed by atoms with Gasteiger partial charge in [0.1, 0.15) is 10.4 Å². The number of methoxy groups -OCH3 is 1. The summed E-state index contributed by atoms with van der Waals surface area (Å²) in [5.41, 5.74) is 1.58. The standard InChI is InChI=1S/C17H17N3O3S2/c1-20-16(22)15-13(7-8-24-15)19-17(20)25-10-14(21)18-9-11-3-5-12(23-2)6-4-11/h3-8H,9-10H2,1-2H3,(H,18,21). The van der Waals surface area contributed by atoms with Gasteiger partial charge in [0.2, 0.25) is 5.91 Å². The topological polar surface area (TPSA) is 73.2 Å². The highest BCUT2D eigenvalue weighted by Crippen LogP contribution is 2.20. The quantitative estimate of drug-likeness (QED) is 0.529. The molecule has 0 spiro atoms. The second-order valence-corrected chi connectivity index (χ2v) is 7.17. The van der Waals surface area contributed by atoms with Crippen LogP contribution in [0.15, 0.2) is 45.7 Å². The van der Waals surface area contributed by atoms with Gasteiger partial charge in [-0.15, -0.1) is 11.3 Å². The second-order valence-electron chi connectivity index (χ2n) is 5.31. The van der Waals surface area contributed by atoms with Gasteiger partial charge in [-0.05, 0) is 29.1 Å². The predicted molar refractivity (Wildman–Crippen MR) is 100 cm³/mol. The van der Waals surface area contributed by atoms with Gasteiger partial charge in [-0.2, -0.15) is 0 Å². The summed E-state index contributed by atoms with van der Waals surface area (Å²) in [5, 5.41) is 5.24. The van der Waals surface area contributed by atoms with Crippen molar-refractivity contribution in [2.45, 2.75) is 11.7 Å². The fourth-order valence-electron chi connectivity index (χ4n) is 2.22. The molecule has 0 saturated carbocycles. The van der Waals surface area contributed by atoms with Crippen LogP contribution in [0.4, 0.5) is 0 Å². The second kappa shape index (κ2) is 7.71. The van der Waals surface area contributed by atoms with Crippen LogP contribution in [0.1, 0.15) is 5.56 Å². The average Bonchev–Trinajstić information content (AvgIpc) is 3.11. The monoisotopic (exact) mass is 375 g/mol. The van der Waals surface area contributed by atoms with Crippen molar-refractivity contribution in [1.82, 2.24) is 14.9 Å². The molecule has 3 rings (SSSR count). The van der Waals surface area contributed by atoms with E-state index >= 15 is 0 Å². The lowest BCUT2D eigenvalue weighted by Crippen LogP contribution is -2.25. The summed E-state index contributed by atoms with van der Waals surface area (Å²) in [6, 6.07) is 9.33. The van der Waals surface area contributed by atoms with Crippen molar-refractivity contribution in [3.63, 3.8) is 0 Å². The largest absolute Gasteiger partial charge is 0.497 e. The number of nitrogens with zero attached hydrogens (tertiary/aromatic N) is 2. The Kier molecular flexibility index (Phi) is 5.40. The molecule has 0 atom stereocenters. The number of carbonyl (C=O) groups is 1. The van der Waals surface area contributed by atoms with Crippen LogP contribution in [0.5, 0.6) is 5.75 Å². The van der Waals surface area contributed by atoms with E-state index < -0.39 is 0 Å². The molecule has 2 heterocycles. The first-order valence-electron chi connectivity index (χ1n) is 7.55. The predicted octanol–water partition coefficient (Wildman–Crippen LogP) is 2.41. The fraction of sp³-hybridized carbons (Fsp3) is 0.235. The SMILES string of the molecule is COc1ccc(CNC(=O)CSc2nc3ccsc3c(=O)n2C)cc1. The van der Waals surface area contributed by atoms with Crippen molar-refractivity contribution < 1.29 is 9.53 Å². The fourth-order valence-corrected chi connectivity index (χ4v) is 3.83. The molecule has 0 radical (unpaired) electrons. The van der Waals surface area contributed by atoms with Crippen LogP contribution in [0, 0.1) is 0 Å². The number of aromatic nitrogens is 2. The molecule has 2 aromatic heterocycles. The van der Waals surface area contributed by atoms with Gasteiger partial charge >= 0.3 is 0 Å². The average molecular weight is 375 g/mol. The van der Waals surface area contributed by atoms with Crippen molar-refractivity contribution in [2.24, 2.45) is 7.05 Å². The van der Waals surface area contributed by atoms with Crippen LogP contribution in [0.2, 0.25) is 0 Å². The number of nitrogens with one attached hydrogen (secondary N) is 1. The van der Waals surface area contributed by atoms with Crippen LogP contribution >= 0.6 is 23.1 Å². The zero-order valence-electron chi connectivity index (χ0n) is 13.8. The van der Waals surface area contributed by atoms with Gasteiger partial charge in [-0.25, -0.2) is 4.98 Å². The Bertz CT molecular complexity index is 948. The van der Waals surface area contributed by atoms with Gasteiger partial charge in [-0.3, -0.25) is 14.2 Å². The third kappa shape index (κ3) is 4.02. The molecule has 0 aliphatic rings. The van der Waals surface area contributed by atoms with Crippen molar-refractivity contribution in [2.75, 3.05) is 12.9 Å². The Labute approximate surface area is 152 Å². The molecule has 0 fully saturated rings. The Hall–Kier alpha value is -2.32. The van der Waals surface area contributed by atoms with E-state index in [1.807, 2.05) is 35.7 Å². The number of hydrogen-bond acceptors (Lipinski definition) is 6. The minimum Gasteiger partial charge on any atom is -0.497 e. The third-order valence-corrected chi connectivity index (χ3v) is 5.55. The number of hydrogen-bond donors (Lipinski definition) is 1. The van der Waals surface area contributed by atoms with Gasteiger partial charge in [0.05, 0.1) is 18.4 Å². The number of fused-ring (bicyclic) bond motifs is 1. The molecule has 0 bridgehead atoms. The summed E-state index contributed by atoms with van der Waals surface area (Å²) in [6.45, 7) is 0.444. The van der Waals surface area contributed by atoms with E-state index in [0.717, 1.165) is 11.3 Å². The molecule has 0 saturated heterocycles. The van der Waals surface area contributed by atoms with Crippen molar-refractivity contribution in [3.05, 3.63) is 51.6 Å². The third-order valence-electron chi connectivity index (χ3n) is 3.63. The normalized spacial score (nSPS) is 10.8. The summed E-state index contributed by atoms with van der Waals surface area (Å²) < 4.78 is 7.22. The maximum absolute atomic E-state index is 12.2. The summed E-state index contributed by atoms with van der Waals surface area (Å²) >= 11 is 2.63. The van der Waals surface area contributed by atoms with Crippen molar-refractivity contribution in [1.29, 1.82) is 0 Å². The van der Waals surface area contributed by atoms with Crippen molar-refractivity contribution in [3.8, 4) is 5.75 Å². The molecule has 6 nitrogen and oxygen atoms in total. The first-order chi connectivity index (χ1) is 12.1. The molecular formula is C17H17N3O3S2. The maximum atomic E-state index is 12.2. The van der Waals surface area contributed by atoms with Crippen LogP contribution in [-0.4, -0.2) is 28.3 Å². The van der Waals surface area contributed by atoms with Crippen LogP contribution < -0.4 is 15.6 Å². The van der Waals surface area contributed by atoms with E-state index in [1.54, 1.807) is 14.2 Å². The van der Waals surface area contributed by atoms with Gasteiger partial charge in [0.15, 0.2) is 5.16 Å². The molecule has 8 heteroatoms. The molecule has 1 N–H and O–H groups in total. The number of benzene rings is 1. The first-order valence-corrected chi connectivity index (χ1v) is 9.41. The van der Waals surface area contributed by atoms with Gasteiger partial charge in [0, 0.05) is 13.6 Å². The molecule has 0 aliphatic carbocycles. The molecule has 3 aromatic rings. The minimum atomic E-state index is -0.111. The van der Waals surface area contributed by atoms with E-state index in [-0.39, 0.29) is 17.2 Å². The minimum absolute atomic E-state index is 0.0823. The zero-order chi connectivity index (χ0) is 17.8. The summed E-state index contributed by atoms with van der Waals surface area (Å²) in [6.07, 6.45) is 0. The summed E-state index contributed by atoms with van der Waals surface area (Å²) in [4.78, 5) is 28.7. The van der Waals surface area contributed by atoms with Crippen LogP contribution in [0.25, 0.3) is 10.2 Å². The van der Waals surface area contributed by atoms with Crippen LogP contribution in [0.3, 0.4) is 0 Å². The van der Waals surface area contributed by atoms with Gasteiger partial charge in [0.25, 0.3) is 5.56 Å². The lowest BCUT2D eigenvalue weighted by Gasteiger charge is -2.08. The summed E-state index contributed by atoms with van der Waals surface area (Å²) in [7, 11) is 3.29. The van der Waals surface area contributed by atoms with Gasteiger partial charge in [-0.1, -0.05) is 23.9 Å². The molecule has 0 aliphatic heterocycles. The van der Waals surface area contributed by atoms with E-state index in [0.29, 0.717) is 21.9 Å². The molecule has 1 aromatic carbocycles.